The Morgan fingerprint density at radius 2 is 2.00 bits per heavy atom. The van der Waals surface area contributed by atoms with Crippen LogP contribution >= 0.6 is 0 Å². The monoisotopic (exact) mass is 299 g/mol. The fourth-order valence-corrected chi connectivity index (χ4v) is 3.05. The van der Waals surface area contributed by atoms with Crippen LogP contribution in [0.15, 0.2) is 0 Å². The summed E-state index contributed by atoms with van der Waals surface area (Å²) in [6.07, 6.45) is 5.15. The zero-order valence-corrected chi connectivity index (χ0v) is 14.2. The fraction of sp³-hybridized carbons (Fsp3) is 0.938. The third kappa shape index (κ3) is 6.32. The first-order chi connectivity index (χ1) is 9.85. The van der Waals surface area contributed by atoms with Crippen molar-refractivity contribution in [3.05, 3.63) is 0 Å². The molecule has 0 aliphatic carbocycles. The number of hydrogen-bond acceptors (Lipinski definition) is 4. The van der Waals surface area contributed by atoms with Crippen LogP contribution in [0.5, 0.6) is 0 Å². The fourth-order valence-electron chi connectivity index (χ4n) is 3.05. The molecule has 3 N–H and O–H groups in total. The normalized spacial score (nSPS) is 19.9. The highest BCUT2D eigenvalue weighted by Gasteiger charge is 2.30. The first-order valence-electron chi connectivity index (χ1n) is 8.21. The second-order valence-corrected chi connectivity index (χ2v) is 6.78. The molecule has 1 saturated heterocycles. The Labute approximate surface area is 129 Å². The molecular formula is C16H33N3O2. The van der Waals surface area contributed by atoms with Gasteiger partial charge >= 0.3 is 0 Å². The molecule has 1 amide bonds. The van der Waals surface area contributed by atoms with Crippen LogP contribution < -0.4 is 11.1 Å². The summed E-state index contributed by atoms with van der Waals surface area (Å²) in [4.78, 5) is 14.1. The lowest BCUT2D eigenvalue weighted by atomic mass is 9.93. The van der Waals surface area contributed by atoms with Crippen molar-refractivity contribution in [1.82, 2.24) is 10.2 Å². The molecule has 1 unspecified atom stereocenters. The molecule has 0 aromatic rings. The van der Waals surface area contributed by atoms with Crippen molar-refractivity contribution >= 4 is 5.91 Å². The van der Waals surface area contributed by atoms with Gasteiger partial charge in [-0.05, 0) is 66.5 Å². The highest BCUT2D eigenvalue weighted by Crippen LogP contribution is 2.17. The lowest BCUT2D eigenvalue weighted by molar-refractivity contribution is -0.124. The van der Waals surface area contributed by atoms with Gasteiger partial charge in [0, 0.05) is 25.3 Å². The smallest absolute Gasteiger partial charge is 0.237 e. The molecular weight excluding hydrogens is 266 g/mol. The molecule has 124 valence electrons. The number of carbonyl (C=O) groups is 1. The van der Waals surface area contributed by atoms with Crippen molar-refractivity contribution in [1.29, 1.82) is 0 Å². The Kier molecular flexibility index (Phi) is 7.63. The summed E-state index contributed by atoms with van der Waals surface area (Å²) >= 11 is 0. The average Bonchev–Trinajstić information content (AvgIpc) is 2.43. The number of rotatable bonds is 9. The van der Waals surface area contributed by atoms with E-state index in [9.17, 15) is 4.79 Å². The van der Waals surface area contributed by atoms with Crippen LogP contribution in [-0.2, 0) is 9.53 Å². The summed E-state index contributed by atoms with van der Waals surface area (Å²) in [7, 11) is 2.19. The zero-order valence-electron chi connectivity index (χ0n) is 14.2. The Morgan fingerprint density at radius 1 is 1.38 bits per heavy atom. The van der Waals surface area contributed by atoms with Crippen LogP contribution in [0, 0.1) is 0 Å². The van der Waals surface area contributed by atoms with Crippen LogP contribution in [0.1, 0.15) is 52.9 Å². The molecule has 0 aromatic carbocycles. The maximum atomic E-state index is 11.7. The second-order valence-electron chi connectivity index (χ2n) is 6.78. The van der Waals surface area contributed by atoms with Crippen molar-refractivity contribution in [3.63, 3.8) is 0 Å². The molecule has 0 radical (unpaired) electrons. The van der Waals surface area contributed by atoms with Gasteiger partial charge in [0.2, 0.25) is 5.91 Å². The number of primary amides is 1. The Balaban J connectivity index is 2.28. The van der Waals surface area contributed by atoms with E-state index >= 15 is 0 Å². The van der Waals surface area contributed by atoms with E-state index in [1.54, 1.807) is 0 Å². The number of ether oxygens (including phenoxy) is 1. The van der Waals surface area contributed by atoms with Crippen molar-refractivity contribution in [2.24, 2.45) is 5.73 Å². The van der Waals surface area contributed by atoms with E-state index in [2.05, 4.69) is 17.3 Å². The Hall–Kier alpha value is -0.650. The molecule has 1 heterocycles. The molecule has 1 atom stereocenters. The molecule has 1 rings (SSSR count). The van der Waals surface area contributed by atoms with E-state index in [0.29, 0.717) is 6.04 Å². The average molecular weight is 299 g/mol. The van der Waals surface area contributed by atoms with Gasteiger partial charge in [0.25, 0.3) is 0 Å². The molecule has 0 aromatic heterocycles. The van der Waals surface area contributed by atoms with Crippen molar-refractivity contribution in [2.75, 3.05) is 26.8 Å². The van der Waals surface area contributed by atoms with Crippen LogP contribution in [0.25, 0.3) is 0 Å². The van der Waals surface area contributed by atoms with Gasteiger partial charge in [-0.25, -0.2) is 0 Å². The predicted molar refractivity (Wildman–Crippen MR) is 86.2 cm³/mol. The lowest BCUT2D eigenvalue weighted by Gasteiger charge is -2.32. The minimum Gasteiger partial charge on any atom is -0.381 e. The number of carbonyl (C=O) groups excluding carboxylic acids is 1. The molecule has 1 aliphatic heterocycles. The quantitative estimate of drug-likeness (QED) is 0.633. The van der Waals surface area contributed by atoms with Gasteiger partial charge in [-0.3, -0.25) is 4.79 Å². The van der Waals surface area contributed by atoms with Gasteiger partial charge in [-0.1, -0.05) is 0 Å². The minimum absolute atomic E-state index is 0.256. The molecule has 1 aliphatic rings. The van der Waals surface area contributed by atoms with E-state index in [1.165, 1.54) is 0 Å². The molecule has 5 heteroatoms. The van der Waals surface area contributed by atoms with Crippen molar-refractivity contribution in [3.8, 4) is 0 Å². The largest absolute Gasteiger partial charge is 0.381 e. The van der Waals surface area contributed by atoms with E-state index in [4.69, 9.17) is 10.5 Å². The summed E-state index contributed by atoms with van der Waals surface area (Å²) in [6, 6.07) is 0.905. The van der Waals surface area contributed by atoms with Gasteiger partial charge in [0.1, 0.15) is 0 Å². The van der Waals surface area contributed by atoms with E-state index < -0.39 is 5.54 Å². The van der Waals surface area contributed by atoms with Gasteiger partial charge in [0.05, 0.1) is 5.54 Å². The first-order valence-corrected chi connectivity index (χ1v) is 8.21. The third-order valence-electron chi connectivity index (χ3n) is 4.40. The van der Waals surface area contributed by atoms with Crippen molar-refractivity contribution < 1.29 is 9.53 Å². The SMILES string of the molecule is CC(C)NC(C)(CCCCN(C)C1CCOCC1)C(N)=O. The highest BCUT2D eigenvalue weighted by molar-refractivity contribution is 5.84. The molecule has 0 spiro atoms. The van der Waals surface area contributed by atoms with Gasteiger partial charge in [0.15, 0.2) is 0 Å². The van der Waals surface area contributed by atoms with Crippen LogP contribution in [-0.4, -0.2) is 55.2 Å². The van der Waals surface area contributed by atoms with E-state index in [0.717, 1.165) is 51.9 Å². The topological polar surface area (TPSA) is 67.6 Å². The van der Waals surface area contributed by atoms with E-state index in [-0.39, 0.29) is 11.9 Å². The second kappa shape index (κ2) is 8.71. The zero-order chi connectivity index (χ0) is 15.9. The molecule has 0 bridgehead atoms. The molecule has 1 fully saturated rings. The number of nitrogens with two attached hydrogens (primary N) is 1. The van der Waals surface area contributed by atoms with Crippen LogP contribution in [0.3, 0.4) is 0 Å². The highest BCUT2D eigenvalue weighted by atomic mass is 16.5. The summed E-state index contributed by atoms with van der Waals surface area (Å²) in [5, 5.41) is 3.30. The van der Waals surface area contributed by atoms with Crippen LogP contribution in [0.2, 0.25) is 0 Å². The Bertz CT molecular complexity index is 317. The van der Waals surface area contributed by atoms with Gasteiger partial charge < -0.3 is 20.7 Å². The summed E-state index contributed by atoms with van der Waals surface area (Å²) < 4.78 is 5.40. The predicted octanol–water partition coefficient (Wildman–Crippen LogP) is 1.51. The number of nitrogens with one attached hydrogen (secondary N) is 1. The standard InChI is InChI=1S/C16H33N3O2/c1-13(2)18-16(3,15(17)20)9-5-6-10-19(4)14-7-11-21-12-8-14/h13-14,18H,5-12H2,1-4H3,(H2,17,20). The number of hydrogen-bond donors (Lipinski definition) is 2. The molecule has 21 heavy (non-hydrogen) atoms. The summed E-state index contributed by atoms with van der Waals surface area (Å²) in [6.45, 7) is 8.83. The lowest BCUT2D eigenvalue weighted by Crippen LogP contribution is -2.55. The first kappa shape index (κ1) is 18.4. The van der Waals surface area contributed by atoms with Gasteiger partial charge in [-0.2, -0.15) is 0 Å². The van der Waals surface area contributed by atoms with Crippen LogP contribution in [0.4, 0.5) is 0 Å². The number of nitrogens with zero attached hydrogens (tertiary/aromatic N) is 1. The Morgan fingerprint density at radius 3 is 2.52 bits per heavy atom. The minimum atomic E-state index is -0.592. The van der Waals surface area contributed by atoms with E-state index in [1.807, 2.05) is 20.8 Å². The maximum absolute atomic E-state index is 11.7. The number of amides is 1. The number of unbranched alkanes of at least 4 members (excludes halogenated alkanes) is 1. The molecule has 5 nitrogen and oxygen atoms in total. The maximum Gasteiger partial charge on any atom is 0.237 e. The third-order valence-corrected chi connectivity index (χ3v) is 4.40. The molecule has 0 saturated carbocycles. The van der Waals surface area contributed by atoms with Crippen molar-refractivity contribution in [2.45, 2.75) is 70.5 Å². The van der Waals surface area contributed by atoms with Gasteiger partial charge in [-0.15, -0.1) is 0 Å². The summed E-state index contributed by atoms with van der Waals surface area (Å²) in [5.74, 6) is -0.256. The summed E-state index contributed by atoms with van der Waals surface area (Å²) in [5.41, 5.74) is 4.96.